The predicted molar refractivity (Wildman–Crippen MR) is 79.4 cm³/mol. The van der Waals surface area contributed by atoms with Gasteiger partial charge in [-0.2, -0.15) is 4.98 Å². The Balaban J connectivity index is 1.88. The maximum atomic E-state index is 13.8. The molecule has 2 heterocycles. The van der Waals surface area contributed by atoms with E-state index < -0.39 is 17.5 Å². The van der Waals surface area contributed by atoms with Crippen LogP contribution in [0.25, 0.3) is 0 Å². The molecule has 0 atom stereocenters. The first-order chi connectivity index (χ1) is 11.0. The molecule has 0 spiro atoms. The average molecular weight is 324 g/mol. The van der Waals surface area contributed by atoms with Crippen molar-refractivity contribution in [2.75, 3.05) is 36.5 Å². The van der Waals surface area contributed by atoms with Gasteiger partial charge < -0.3 is 15.0 Å². The smallest absolute Gasteiger partial charge is 0.227 e. The van der Waals surface area contributed by atoms with Gasteiger partial charge in [0, 0.05) is 24.8 Å². The predicted octanol–water partition coefficient (Wildman–Crippen LogP) is 2.78. The molecule has 0 saturated carbocycles. The molecule has 1 aromatic carbocycles. The lowest BCUT2D eigenvalue weighted by atomic mass is 10.2. The van der Waals surface area contributed by atoms with Crippen LogP contribution in [0.3, 0.4) is 0 Å². The van der Waals surface area contributed by atoms with Crippen molar-refractivity contribution in [1.82, 2.24) is 9.97 Å². The average Bonchev–Trinajstić information content (AvgIpc) is 2.56. The van der Waals surface area contributed by atoms with E-state index in [-0.39, 0.29) is 5.69 Å². The number of anilines is 3. The molecule has 3 rings (SSSR count). The van der Waals surface area contributed by atoms with Crippen LogP contribution in [-0.4, -0.2) is 36.3 Å². The van der Waals surface area contributed by atoms with E-state index in [2.05, 4.69) is 15.3 Å². The number of nitrogens with zero attached hydrogens (tertiary/aromatic N) is 3. The van der Waals surface area contributed by atoms with E-state index in [1.165, 1.54) is 0 Å². The zero-order chi connectivity index (χ0) is 16.4. The van der Waals surface area contributed by atoms with Crippen LogP contribution < -0.4 is 10.2 Å². The van der Waals surface area contributed by atoms with Crippen LogP contribution in [0.4, 0.5) is 30.6 Å². The van der Waals surface area contributed by atoms with E-state index in [1.807, 2.05) is 4.90 Å². The maximum absolute atomic E-state index is 13.8. The highest BCUT2D eigenvalue weighted by Gasteiger charge is 2.17. The van der Waals surface area contributed by atoms with Crippen LogP contribution in [0.1, 0.15) is 5.69 Å². The summed E-state index contributed by atoms with van der Waals surface area (Å²) in [6.07, 6.45) is 0. The van der Waals surface area contributed by atoms with E-state index in [0.717, 1.165) is 12.1 Å². The lowest BCUT2D eigenvalue weighted by Crippen LogP contribution is -2.37. The lowest BCUT2D eigenvalue weighted by Gasteiger charge is -2.27. The quantitative estimate of drug-likeness (QED) is 0.880. The van der Waals surface area contributed by atoms with E-state index in [0.29, 0.717) is 43.8 Å². The van der Waals surface area contributed by atoms with Gasteiger partial charge >= 0.3 is 0 Å². The highest BCUT2D eigenvalue weighted by molar-refractivity contribution is 5.58. The maximum Gasteiger partial charge on any atom is 0.227 e. The van der Waals surface area contributed by atoms with Crippen molar-refractivity contribution in [3.05, 3.63) is 41.3 Å². The van der Waals surface area contributed by atoms with Gasteiger partial charge in [-0.15, -0.1) is 0 Å². The summed E-state index contributed by atoms with van der Waals surface area (Å²) in [6.45, 7) is 4.25. The molecule has 0 amide bonds. The first kappa shape index (κ1) is 15.5. The van der Waals surface area contributed by atoms with Gasteiger partial charge in [0.2, 0.25) is 5.95 Å². The lowest BCUT2D eigenvalue weighted by molar-refractivity contribution is 0.122. The van der Waals surface area contributed by atoms with Gasteiger partial charge in [0.15, 0.2) is 17.5 Å². The van der Waals surface area contributed by atoms with Gasteiger partial charge in [0.1, 0.15) is 5.82 Å². The molecule has 8 heteroatoms. The van der Waals surface area contributed by atoms with Gasteiger partial charge in [-0.25, -0.2) is 18.2 Å². The van der Waals surface area contributed by atoms with Crippen LogP contribution in [0.15, 0.2) is 18.2 Å². The molecular formula is C15H15F3N4O. The fourth-order valence-corrected chi connectivity index (χ4v) is 2.28. The molecule has 1 aromatic heterocycles. The third-order valence-electron chi connectivity index (χ3n) is 3.43. The minimum atomic E-state index is -1.52. The van der Waals surface area contributed by atoms with Gasteiger partial charge in [-0.3, -0.25) is 0 Å². The summed E-state index contributed by atoms with van der Waals surface area (Å²) in [4.78, 5) is 10.6. The summed E-state index contributed by atoms with van der Waals surface area (Å²) in [7, 11) is 0. The molecule has 1 aliphatic rings. The second-order valence-corrected chi connectivity index (χ2v) is 5.14. The highest BCUT2D eigenvalue weighted by atomic mass is 19.2. The highest BCUT2D eigenvalue weighted by Crippen LogP contribution is 2.24. The third kappa shape index (κ3) is 3.37. The Hall–Kier alpha value is -2.35. The van der Waals surface area contributed by atoms with Crippen LogP contribution in [0.5, 0.6) is 0 Å². The summed E-state index contributed by atoms with van der Waals surface area (Å²) in [5.41, 5.74) is 0.488. The molecule has 2 aromatic rings. The van der Waals surface area contributed by atoms with Gasteiger partial charge in [-0.1, -0.05) is 0 Å². The van der Waals surface area contributed by atoms with Crippen LogP contribution in [0, 0.1) is 24.4 Å². The van der Waals surface area contributed by atoms with Crippen molar-refractivity contribution in [3.8, 4) is 0 Å². The summed E-state index contributed by atoms with van der Waals surface area (Å²) in [5.74, 6) is -3.24. The zero-order valence-corrected chi connectivity index (χ0v) is 12.4. The van der Waals surface area contributed by atoms with E-state index in [1.54, 1.807) is 13.0 Å². The van der Waals surface area contributed by atoms with E-state index in [4.69, 9.17) is 4.74 Å². The summed E-state index contributed by atoms with van der Waals surface area (Å²) in [6, 6.07) is 3.59. The molecule has 1 fully saturated rings. The van der Waals surface area contributed by atoms with Crippen molar-refractivity contribution in [1.29, 1.82) is 0 Å². The number of nitrogens with one attached hydrogen (secondary N) is 1. The number of aryl methyl sites for hydroxylation is 1. The second kappa shape index (κ2) is 6.41. The first-order valence-electron chi connectivity index (χ1n) is 7.13. The SMILES string of the molecule is Cc1cc(Nc2ccc(F)c(F)c2F)nc(N2CCOCC2)n1. The number of ether oxygens (including phenoxy) is 1. The van der Waals surface area contributed by atoms with Crippen LogP contribution >= 0.6 is 0 Å². The minimum absolute atomic E-state index is 0.185. The fraction of sp³-hybridized carbons (Fsp3) is 0.333. The Morgan fingerprint density at radius 2 is 1.83 bits per heavy atom. The molecule has 122 valence electrons. The molecule has 0 aliphatic carbocycles. The molecule has 0 bridgehead atoms. The number of aromatic nitrogens is 2. The fourth-order valence-electron chi connectivity index (χ4n) is 2.28. The number of morpholine rings is 1. The zero-order valence-electron chi connectivity index (χ0n) is 12.4. The Bertz CT molecular complexity index is 720. The second-order valence-electron chi connectivity index (χ2n) is 5.14. The van der Waals surface area contributed by atoms with Crippen molar-refractivity contribution < 1.29 is 17.9 Å². The molecule has 5 nitrogen and oxygen atoms in total. The molecule has 23 heavy (non-hydrogen) atoms. The molecule has 1 saturated heterocycles. The molecule has 1 aliphatic heterocycles. The largest absolute Gasteiger partial charge is 0.378 e. The topological polar surface area (TPSA) is 50.3 Å². The van der Waals surface area contributed by atoms with Crippen LogP contribution in [-0.2, 0) is 4.74 Å². The molecular weight excluding hydrogens is 309 g/mol. The van der Waals surface area contributed by atoms with Gasteiger partial charge in [0.25, 0.3) is 0 Å². The van der Waals surface area contributed by atoms with Crippen molar-refractivity contribution in [2.45, 2.75) is 6.92 Å². The van der Waals surface area contributed by atoms with Crippen molar-refractivity contribution in [2.24, 2.45) is 0 Å². The van der Waals surface area contributed by atoms with Gasteiger partial charge in [-0.05, 0) is 19.1 Å². The summed E-state index contributed by atoms with van der Waals surface area (Å²) in [5, 5.41) is 2.67. The monoisotopic (exact) mass is 324 g/mol. The van der Waals surface area contributed by atoms with Gasteiger partial charge in [0.05, 0.1) is 18.9 Å². The molecule has 1 N–H and O–H groups in total. The Labute approximate surface area is 131 Å². The minimum Gasteiger partial charge on any atom is -0.378 e. The number of hydrogen-bond donors (Lipinski definition) is 1. The molecule has 0 radical (unpaired) electrons. The number of hydrogen-bond acceptors (Lipinski definition) is 5. The summed E-state index contributed by atoms with van der Waals surface area (Å²) < 4.78 is 45.3. The summed E-state index contributed by atoms with van der Waals surface area (Å²) >= 11 is 0. The standard InChI is InChI=1S/C15H15F3N4O/c1-9-8-12(20-11-3-2-10(16)13(17)14(11)18)21-15(19-9)22-4-6-23-7-5-22/h2-3,8H,4-7H2,1H3,(H,19,20,21). The van der Waals surface area contributed by atoms with E-state index in [9.17, 15) is 13.2 Å². The normalized spacial score (nSPS) is 14.9. The van der Waals surface area contributed by atoms with Crippen molar-refractivity contribution in [3.63, 3.8) is 0 Å². The molecule has 0 unspecified atom stereocenters. The first-order valence-corrected chi connectivity index (χ1v) is 7.13. The van der Waals surface area contributed by atoms with Crippen molar-refractivity contribution >= 4 is 17.5 Å². The Morgan fingerprint density at radius 1 is 1.09 bits per heavy atom. The Kier molecular flexibility index (Phi) is 4.33. The third-order valence-corrected chi connectivity index (χ3v) is 3.43. The number of benzene rings is 1. The Morgan fingerprint density at radius 3 is 2.57 bits per heavy atom. The number of halogens is 3. The number of rotatable bonds is 3. The van der Waals surface area contributed by atoms with E-state index >= 15 is 0 Å². The van der Waals surface area contributed by atoms with Crippen LogP contribution in [0.2, 0.25) is 0 Å².